The molecule has 0 radical (unpaired) electrons. The molecule has 17 heavy (non-hydrogen) atoms. The first-order chi connectivity index (χ1) is 7.74. The van der Waals surface area contributed by atoms with Crippen molar-refractivity contribution in [1.82, 2.24) is 4.98 Å². The van der Waals surface area contributed by atoms with E-state index in [2.05, 4.69) is 4.74 Å². The predicted octanol–water partition coefficient (Wildman–Crippen LogP) is 1.92. The first kappa shape index (κ1) is 13.3. The number of nitrogens with zero attached hydrogens (tertiary/aromatic N) is 1. The summed E-state index contributed by atoms with van der Waals surface area (Å²) in [6.07, 6.45) is -5.11. The van der Waals surface area contributed by atoms with Crippen molar-refractivity contribution in [2.24, 2.45) is 0 Å². The quantitative estimate of drug-likeness (QED) is 0.517. The number of halogens is 4. The summed E-state index contributed by atoms with van der Waals surface area (Å²) in [5, 5.41) is 10.5. The van der Waals surface area contributed by atoms with Crippen LogP contribution in [0.4, 0.5) is 18.9 Å². The van der Waals surface area contributed by atoms with E-state index < -0.39 is 34.2 Å². The zero-order chi connectivity index (χ0) is 13.2. The number of pyridine rings is 1. The summed E-state index contributed by atoms with van der Waals surface area (Å²) in [6, 6.07) is 0.379. The molecule has 1 N–H and O–H groups in total. The molecule has 0 bridgehead atoms. The fourth-order valence-electron chi connectivity index (χ4n) is 1.00. The van der Waals surface area contributed by atoms with Gasteiger partial charge in [0.15, 0.2) is 0 Å². The zero-order valence-corrected chi connectivity index (χ0v) is 8.63. The molecule has 0 aliphatic heterocycles. The van der Waals surface area contributed by atoms with E-state index in [0.29, 0.717) is 6.07 Å². The Morgan fingerprint density at radius 1 is 1.53 bits per heavy atom. The molecule has 94 valence electrons. The molecule has 0 atom stereocenters. The van der Waals surface area contributed by atoms with Crippen LogP contribution in [0.15, 0.2) is 10.9 Å². The Morgan fingerprint density at radius 2 is 2.12 bits per heavy atom. The molecule has 0 aliphatic rings. The number of alkyl halides is 4. The topological polar surface area (TPSA) is 85.2 Å². The summed E-state index contributed by atoms with van der Waals surface area (Å²) in [5.74, 6) is -1.63. The molecular formula is C7H4ClF3N2O4. The SMILES string of the molecule is O=c1[nH]c(CCl)c([N+](=O)[O-])cc1OC(F)(F)F. The highest BCUT2D eigenvalue weighted by Crippen LogP contribution is 2.25. The molecule has 1 heterocycles. The fourth-order valence-corrected chi connectivity index (χ4v) is 1.21. The lowest BCUT2D eigenvalue weighted by Crippen LogP contribution is -2.23. The van der Waals surface area contributed by atoms with Crippen LogP contribution in [0, 0.1) is 10.1 Å². The predicted molar refractivity (Wildman–Crippen MR) is 50.0 cm³/mol. The number of aromatic nitrogens is 1. The molecule has 0 spiro atoms. The Morgan fingerprint density at radius 3 is 2.53 bits per heavy atom. The van der Waals surface area contributed by atoms with Crippen molar-refractivity contribution in [3.8, 4) is 5.75 Å². The molecule has 0 saturated carbocycles. The molecule has 0 fully saturated rings. The van der Waals surface area contributed by atoms with Gasteiger partial charge in [-0.3, -0.25) is 14.9 Å². The number of ether oxygens (including phenoxy) is 1. The smallest absolute Gasteiger partial charge is 0.400 e. The van der Waals surface area contributed by atoms with Crippen LogP contribution in [0.5, 0.6) is 5.75 Å². The molecule has 1 aromatic heterocycles. The maximum Gasteiger partial charge on any atom is 0.573 e. The summed E-state index contributed by atoms with van der Waals surface area (Å²) in [7, 11) is 0. The normalized spacial score (nSPS) is 11.3. The summed E-state index contributed by atoms with van der Waals surface area (Å²) in [6.45, 7) is 0. The number of hydrogen-bond acceptors (Lipinski definition) is 4. The van der Waals surface area contributed by atoms with Crippen molar-refractivity contribution in [3.05, 3.63) is 32.2 Å². The highest BCUT2D eigenvalue weighted by Gasteiger charge is 2.33. The second-order valence-corrected chi connectivity index (χ2v) is 3.03. The fraction of sp³-hybridized carbons (Fsp3) is 0.286. The van der Waals surface area contributed by atoms with Gasteiger partial charge in [0.25, 0.3) is 11.2 Å². The number of hydrogen-bond donors (Lipinski definition) is 1. The van der Waals surface area contributed by atoms with Crippen LogP contribution in [0.25, 0.3) is 0 Å². The first-order valence-corrected chi connectivity index (χ1v) is 4.50. The monoisotopic (exact) mass is 272 g/mol. The van der Waals surface area contributed by atoms with Gasteiger partial charge in [0.05, 0.1) is 16.9 Å². The van der Waals surface area contributed by atoms with Crippen molar-refractivity contribution in [2.75, 3.05) is 0 Å². The molecule has 0 unspecified atom stereocenters. The lowest BCUT2D eigenvalue weighted by molar-refractivity contribution is -0.386. The Bertz CT molecular complexity index is 499. The van der Waals surface area contributed by atoms with Gasteiger partial charge in [0.2, 0.25) is 5.75 Å². The minimum atomic E-state index is -5.11. The van der Waals surface area contributed by atoms with Gasteiger partial charge in [-0.1, -0.05) is 0 Å². The van der Waals surface area contributed by atoms with Crippen molar-refractivity contribution in [1.29, 1.82) is 0 Å². The summed E-state index contributed by atoms with van der Waals surface area (Å²) >= 11 is 5.30. The van der Waals surface area contributed by atoms with Crippen LogP contribution in [-0.4, -0.2) is 16.3 Å². The summed E-state index contributed by atoms with van der Waals surface area (Å²) < 4.78 is 38.9. The number of nitrogens with one attached hydrogen (secondary N) is 1. The van der Waals surface area contributed by atoms with E-state index in [1.807, 2.05) is 4.98 Å². The Kier molecular flexibility index (Phi) is 3.61. The molecule has 0 aliphatic carbocycles. The maximum atomic E-state index is 11.9. The van der Waals surface area contributed by atoms with Crippen molar-refractivity contribution in [3.63, 3.8) is 0 Å². The Labute approximate surface area is 96.1 Å². The van der Waals surface area contributed by atoms with Crippen LogP contribution in [0.2, 0.25) is 0 Å². The lowest BCUT2D eigenvalue weighted by atomic mass is 10.3. The molecule has 0 amide bonds. The van der Waals surface area contributed by atoms with E-state index in [1.54, 1.807) is 0 Å². The third-order valence-corrected chi connectivity index (χ3v) is 1.89. The highest BCUT2D eigenvalue weighted by atomic mass is 35.5. The molecule has 10 heteroatoms. The average molecular weight is 273 g/mol. The van der Waals surface area contributed by atoms with E-state index >= 15 is 0 Å². The number of H-pyrrole nitrogens is 1. The molecular weight excluding hydrogens is 269 g/mol. The van der Waals surface area contributed by atoms with Crippen molar-refractivity contribution < 1.29 is 22.8 Å². The van der Waals surface area contributed by atoms with Gasteiger partial charge in [-0.05, 0) is 0 Å². The lowest BCUT2D eigenvalue weighted by Gasteiger charge is -2.08. The van der Waals surface area contributed by atoms with Crippen LogP contribution in [0.3, 0.4) is 0 Å². The first-order valence-electron chi connectivity index (χ1n) is 3.97. The van der Waals surface area contributed by atoms with Gasteiger partial charge < -0.3 is 9.72 Å². The standard InChI is InChI=1S/C7H4ClF3N2O4/c8-2-3-4(13(15)16)1-5(6(14)12-3)17-7(9,10)11/h1H,2H2,(H,12,14). The van der Waals surface area contributed by atoms with E-state index in [4.69, 9.17) is 11.6 Å². The Balaban J connectivity index is 3.30. The van der Waals surface area contributed by atoms with Crippen LogP contribution in [0.1, 0.15) is 5.69 Å². The van der Waals surface area contributed by atoms with Gasteiger partial charge in [-0.15, -0.1) is 24.8 Å². The third kappa shape index (κ3) is 3.34. The van der Waals surface area contributed by atoms with Crippen LogP contribution >= 0.6 is 11.6 Å². The largest absolute Gasteiger partial charge is 0.573 e. The second-order valence-electron chi connectivity index (χ2n) is 2.77. The Hall–Kier alpha value is -1.77. The molecule has 1 rings (SSSR count). The number of aromatic amines is 1. The van der Waals surface area contributed by atoms with E-state index in [0.717, 1.165) is 0 Å². The molecule has 0 aromatic carbocycles. The van der Waals surface area contributed by atoms with Gasteiger partial charge in [-0.2, -0.15) is 0 Å². The van der Waals surface area contributed by atoms with Gasteiger partial charge in [0.1, 0.15) is 5.69 Å². The van der Waals surface area contributed by atoms with E-state index in [9.17, 15) is 28.1 Å². The van der Waals surface area contributed by atoms with Crippen LogP contribution < -0.4 is 10.3 Å². The van der Waals surface area contributed by atoms with Crippen molar-refractivity contribution in [2.45, 2.75) is 12.2 Å². The average Bonchev–Trinajstić information content (AvgIpc) is 2.18. The molecule has 1 aromatic rings. The maximum absolute atomic E-state index is 11.9. The molecule has 0 saturated heterocycles. The molecule has 6 nitrogen and oxygen atoms in total. The van der Waals surface area contributed by atoms with Gasteiger partial charge in [-0.25, -0.2) is 0 Å². The number of nitro groups is 1. The summed E-state index contributed by atoms with van der Waals surface area (Å²) in [4.78, 5) is 22.5. The highest BCUT2D eigenvalue weighted by molar-refractivity contribution is 6.17. The minimum Gasteiger partial charge on any atom is -0.400 e. The minimum absolute atomic E-state index is 0.295. The number of rotatable bonds is 3. The second kappa shape index (κ2) is 4.62. The van der Waals surface area contributed by atoms with Gasteiger partial charge in [0, 0.05) is 0 Å². The van der Waals surface area contributed by atoms with E-state index in [1.165, 1.54) is 0 Å². The van der Waals surface area contributed by atoms with Gasteiger partial charge >= 0.3 is 6.36 Å². The zero-order valence-electron chi connectivity index (χ0n) is 7.88. The van der Waals surface area contributed by atoms with Crippen LogP contribution in [-0.2, 0) is 5.88 Å². The van der Waals surface area contributed by atoms with Crippen molar-refractivity contribution >= 4 is 17.3 Å². The third-order valence-electron chi connectivity index (χ3n) is 1.62. The van der Waals surface area contributed by atoms with E-state index in [-0.39, 0.29) is 5.69 Å². The summed E-state index contributed by atoms with van der Waals surface area (Å²) in [5.41, 5.74) is -2.29.